The Hall–Kier alpha value is -1.79. The number of carbonyl (C=O) groups is 1. The zero-order valence-electron chi connectivity index (χ0n) is 13.4. The fourth-order valence-electron chi connectivity index (χ4n) is 2.04. The van der Waals surface area contributed by atoms with Crippen molar-refractivity contribution in [2.75, 3.05) is 13.7 Å². The zero-order chi connectivity index (χ0) is 17.0. The van der Waals surface area contributed by atoms with Crippen LogP contribution in [0.3, 0.4) is 0 Å². The van der Waals surface area contributed by atoms with E-state index < -0.39 is 5.97 Å². The summed E-state index contributed by atoms with van der Waals surface area (Å²) in [5, 5.41) is 1.25. The van der Waals surface area contributed by atoms with E-state index in [1.165, 1.54) is 24.5 Å². The molecule has 0 bridgehead atoms. The molecule has 2 aromatic rings. The molecule has 0 spiro atoms. The number of rotatable bonds is 6. The molecule has 124 valence electrons. The second kappa shape index (κ2) is 7.66. The fourth-order valence-corrected chi connectivity index (χ4v) is 3.16. The molecular formula is C16H18ClNO4S. The van der Waals surface area contributed by atoms with E-state index in [9.17, 15) is 4.79 Å². The van der Waals surface area contributed by atoms with Crippen molar-refractivity contribution in [1.29, 1.82) is 0 Å². The van der Waals surface area contributed by atoms with Crippen molar-refractivity contribution in [2.24, 2.45) is 0 Å². The van der Waals surface area contributed by atoms with Gasteiger partial charge in [0.1, 0.15) is 6.61 Å². The first-order valence-corrected chi connectivity index (χ1v) is 8.26. The van der Waals surface area contributed by atoms with Gasteiger partial charge in [0.2, 0.25) is 0 Å². The van der Waals surface area contributed by atoms with Crippen LogP contribution in [-0.2, 0) is 11.3 Å². The van der Waals surface area contributed by atoms with Crippen molar-refractivity contribution in [3.05, 3.63) is 38.3 Å². The van der Waals surface area contributed by atoms with Crippen molar-refractivity contribution >= 4 is 28.9 Å². The summed E-state index contributed by atoms with van der Waals surface area (Å²) in [5.74, 6) is 0.344. The molecule has 0 aliphatic heterocycles. The predicted octanol–water partition coefficient (Wildman–Crippen LogP) is 4.18. The number of hydrogen-bond donors (Lipinski definition) is 0. The number of benzene rings is 1. The Morgan fingerprint density at radius 3 is 2.65 bits per heavy atom. The molecule has 1 aromatic carbocycles. The van der Waals surface area contributed by atoms with E-state index in [1.807, 2.05) is 20.8 Å². The van der Waals surface area contributed by atoms with E-state index in [1.54, 1.807) is 6.07 Å². The molecule has 1 aromatic heterocycles. The first-order chi connectivity index (χ1) is 11.0. The molecule has 5 nitrogen and oxygen atoms in total. The quantitative estimate of drug-likeness (QED) is 0.727. The van der Waals surface area contributed by atoms with Gasteiger partial charge in [-0.25, -0.2) is 9.78 Å². The first-order valence-electron chi connectivity index (χ1n) is 7.06. The summed E-state index contributed by atoms with van der Waals surface area (Å²) < 4.78 is 16.0. The summed E-state index contributed by atoms with van der Waals surface area (Å²) >= 11 is 7.67. The van der Waals surface area contributed by atoms with E-state index in [2.05, 4.69) is 4.98 Å². The highest BCUT2D eigenvalue weighted by Crippen LogP contribution is 2.36. The number of aromatic nitrogens is 1. The Kier molecular flexibility index (Phi) is 5.85. The zero-order valence-corrected chi connectivity index (χ0v) is 15.0. The first kappa shape index (κ1) is 17.6. The summed E-state index contributed by atoms with van der Waals surface area (Å²) in [6, 6.07) is 3.08. The maximum Gasteiger partial charge on any atom is 0.338 e. The molecule has 7 heteroatoms. The number of esters is 1. The third-order valence-electron chi connectivity index (χ3n) is 3.09. The molecule has 0 saturated carbocycles. The highest BCUT2D eigenvalue weighted by Gasteiger charge is 2.17. The van der Waals surface area contributed by atoms with E-state index in [-0.39, 0.29) is 6.61 Å². The van der Waals surface area contributed by atoms with E-state index >= 15 is 0 Å². The smallest absolute Gasteiger partial charge is 0.338 e. The van der Waals surface area contributed by atoms with Crippen LogP contribution in [0.15, 0.2) is 12.1 Å². The Morgan fingerprint density at radius 2 is 2.09 bits per heavy atom. The molecule has 2 rings (SSSR count). The van der Waals surface area contributed by atoms with Crippen LogP contribution in [0.25, 0.3) is 0 Å². The van der Waals surface area contributed by atoms with Crippen LogP contribution in [0.2, 0.25) is 5.02 Å². The number of halogens is 1. The number of carbonyl (C=O) groups excluding carboxylic acids is 1. The van der Waals surface area contributed by atoms with Gasteiger partial charge in [-0.1, -0.05) is 11.6 Å². The Bertz CT molecular complexity index is 714. The summed E-state index contributed by atoms with van der Waals surface area (Å²) in [7, 11) is 1.49. The Morgan fingerprint density at radius 1 is 1.35 bits per heavy atom. The number of methoxy groups -OCH3 is 1. The minimum absolute atomic E-state index is 0.184. The van der Waals surface area contributed by atoms with Gasteiger partial charge in [0.25, 0.3) is 0 Å². The van der Waals surface area contributed by atoms with E-state index in [4.69, 9.17) is 25.8 Å². The minimum Gasteiger partial charge on any atom is -0.493 e. The normalized spacial score (nSPS) is 10.5. The Balaban J connectivity index is 2.16. The molecule has 0 atom stereocenters. The Labute approximate surface area is 144 Å². The molecule has 1 heterocycles. The molecule has 0 unspecified atom stereocenters. The van der Waals surface area contributed by atoms with Crippen LogP contribution >= 0.6 is 22.9 Å². The van der Waals surface area contributed by atoms with Crippen LogP contribution in [0, 0.1) is 13.8 Å². The molecule has 0 N–H and O–H groups in total. The maximum atomic E-state index is 12.2. The average molecular weight is 356 g/mol. The summed E-state index contributed by atoms with van der Waals surface area (Å²) in [6.45, 7) is 6.29. The van der Waals surface area contributed by atoms with Gasteiger partial charge in [0.05, 0.1) is 39.9 Å². The van der Waals surface area contributed by atoms with Crippen LogP contribution in [0.5, 0.6) is 11.5 Å². The largest absolute Gasteiger partial charge is 0.493 e. The van der Waals surface area contributed by atoms with Crippen molar-refractivity contribution in [2.45, 2.75) is 27.4 Å². The topological polar surface area (TPSA) is 57.7 Å². The van der Waals surface area contributed by atoms with Gasteiger partial charge >= 0.3 is 5.97 Å². The second-order valence-corrected chi connectivity index (χ2v) is 6.44. The molecule has 0 saturated heterocycles. The third-order valence-corrected chi connectivity index (χ3v) is 4.41. The summed E-state index contributed by atoms with van der Waals surface area (Å²) in [5.41, 5.74) is 1.19. The van der Waals surface area contributed by atoms with Crippen LogP contribution in [0.1, 0.15) is 32.9 Å². The summed E-state index contributed by atoms with van der Waals surface area (Å²) in [4.78, 5) is 17.5. The lowest BCUT2D eigenvalue weighted by Crippen LogP contribution is -2.06. The number of nitrogens with zero attached hydrogens (tertiary/aromatic N) is 1. The average Bonchev–Trinajstić information content (AvgIpc) is 2.84. The minimum atomic E-state index is -0.473. The molecule has 0 amide bonds. The fraction of sp³-hybridized carbons (Fsp3) is 0.375. The maximum absolute atomic E-state index is 12.2. The molecule has 0 aliphatic carbocycles. The standard InChI is InChI=1S/C16H18ClNO4S/c1-5-21-15-12(17)6-11(7-13(15)20-4)16(19)22-8-14-9(2)18-10(3)23-14/h6-7H,5,8H2,1-4H3. The van der Waals surface area contributed by atoms with Gasteiger partial charge < -0.3 is 14.2 Å². The van der Waals surface area contributed by atoms with Crippen molar-refractivity contribution < 1.29 is 19.0 Å². The van der Waals surface area contributed by atoms with Crippen LogP contribution in [-0.4, -0.2) is 24.7 Å². The van der Waals surface area contributed by atoms with Crippen molar-refractivity contribution in [1.82, 2.24) is 4.98 Å². The number of ether oxygens (including phenoxy) is 3. The van der Waals surface area contributed by atoms with Crippen LogP contribution < -0.4 is 9.47 Å². The highest BCUT2D eigenvalue weighted by molar-refractivity contribution is 7.11. The highest BCUT2D eigenvalue weighted by atomic mass is 35.5. The number of hydrogen-bond acceptors (Lipinski definition) is 6. The monoisotopic (exact) mass is 355 g/mol. The lowest BCUT2D eigenvalue weighted by atomic mass is 10.2. The van der Waals surface area contributed by atoms with Gasteiger partial charge in [0, 0.05) is 0 Å². The number of aryl methyl sites for hydroxylation is 2. The second-order valence-electron chi connectivity index (χ2n) is 4.74. The molecule has 0 radical (unpaired) electrons. The van der Waals surface area contributed by atoms with Gasteiger partial charge in [0.15, 0.2) is 11.5 Å². The molecule has 23 heavy (non-hydrogen) atoms. The SMILES string of the molecule is CCOc1c(Cl)cc(C(=O)OCc2sc(C)nc2C)cc1OC. The molecular weight excluding hydrogens is 338 g/mol. The van der Waals surface area contributed by atoms with Gasteiger partial charge in [-0.15, -0.1) is 11.3 Å². The lowest BCUT2D eigenvalue weighted by Gasteiger charge is -2.12. The van der Waals surface area contributed by atoms with Crippen molar-refractivity contribution in [3.63, 3.8) is 0 Å². The lowest BCUT2D eigenvalue weighted by molar-refractivity contribution is 0.0475. The van der Waals surface area contributed by atoms with Gasteiger partial charge in [-0.05, 0) is 32.9 Å². The molecule has 0 fully saturated rings. The van der Waals surface area contributed by atoms with E-state index in [0.717, 1.165) is 15.6 Å². The van der Waals surface area contributed by atoms with Gasteiger partial charge in [-0.3, -0.25) is 0 Å². The van der Waals surface area contributed by atoms with Gasteiger partial charge in [-0.2, -0.15) is 0 Å². The van der Waals surface area contributed by atoms with Crippen LogP contribution in [0.4, 0.5) is 0 Å². The predicted molar refractivity (Wildman–Crippen MR) is 89.9 cm³/mol. The van der Waals surface area contributed by atoms with Crippen molar-refractivity contribution in [3.8, 4) is 11.5 Å². The third kappa shape index (κ3) is 4.14. The molecule has 0 aliphatic rings. The summed E-state index contributed by atoms with van der Waals surface area (Å²) in [6.07, 6.45) is 0. The number of thiazole rings is 1. The van der Waals surface area contributed by atoms with E-state index in [0.29, 0.717) is 28.7 Å².